The molecule has 184 valence electrons. The Morgan fingerprint density at radius 3 is 2.60 bits per heavy atom. The number of ether oxygens (including phenoxy) is 1. The highest BCUT2D eigenvalue weighted by molar-refractivity contribution is 7.80. The molecule has 0 amide bonds. The van der Waals surface area contributed by atoms with Crippen molar-refractivity contribution in [3.05, 3.63) is 83.2 Å². The number of morpholine rings is 1. The van der Waals surface area contributed by atoms with Crippen LogP contribution in [0.15, 0.2) is 54.7 Å². The van der Waals surface area contributed by atoms with Crippen molar-refractivity contribution in [2.24, 2.45) is 0 Å². The molecule has 2 aliphatic rings. The molecule has 6 nitrogen and oxygen atoms in total. The van der Waals surface area contributed by atoms with E-state index >= 15 is 0 Å². The third kappa shape index (κ3) is 4.83. The van der Waals surface area contributed by atoms with Gasteiger partial charge in [-0.05, 0) is 68.4 Å². The van der Waals surface area contributed by atoms with Crippen LogP contribution in [0.4, 0.5) is 10.1 Å². The Hall–Kier alpha value is -2.81. The summed E-state index contributed by atoms with van der Waals surface area (Å²) < 4.78 is 22.9. The van der Waals surface area contributed by atoms with Gasteiger partial charge in [-0.15, -0.1) is 0 Å². The van der Waals surface area contributed by atoms with Crippen LogP contribution in [0, 0.1) is 19.7 Å². The predicted molar refractivity (Wildman–Crippen MR) is 140 cm³/mol. The highest BCUT2D eigenvalue weighted by Crippen LogP contribution is 2.43. The number of hydrogen-bond donors (Lipinski definition) is 1. The average Bonchev–Trinajstić information content (AvgIpc) is 3.36. The molecule has 5 rings (SSSR count). The van der Waals surface area contributed by atoms with Gasteiger partial charge in [-0.2, -0.15) is 0 Å². The number of para-hydroxylation sites is 1. The fourth-order valence-corrected chi connectivity index (χ4v) is 5.66. The van der Waals surface area contributed by atoms with Crippen molar-refractivity contribution in [2.75, 3.05) is 37.7 Å². The molecular weight excluding hydrogens is 461 g/mol. The number of anilines is 1. The zero-order valence-corrected chi connectivity index (χ0v) is 21.1. The highest BCUT2D eigenvalue weighted by Gasteiger charge is 2.43. The number of benzene rings is 1. The summed E-state index contributed by atoms with van der Waals surface area (Å²) in [6.45, 7) is 9.95. The minimum absolute atomic E-state index is 0.189. The number of pyridine rings is 1. The number of hydrogen-bond acceptors (Lipinski definition) is 4. The van der Waals surface area contributed by atoms with Gasteiger partial charge in [-0.1, -0.05) is 18.2 Å². The molecule has 2 aliphatic heterocycles. The molecule has 0 radical (unpaired) electrons. The first-order chi connectivity index (χ1) is 17.0. The molecule has 2 saturated heterocycles. The maximum Gasteiger partial charge on any atom is 0.174 e. The monoisotopic (exact) mass is 493 g/mol. The summed E-state index contributed by atoms with van der Waals surface area (Å²) >= 11 is 5.76. The lowest BCUT2D eigenvalue weighted by atomic mass is 9.96. The number of nitrogens with zero attached hydrogens (tertiary/aromatic N) is 4. The Balaban J connectivity index is 1.48. The van der Waals surface area contributed by atoms with Gasteiger partial charge in [0.1, 0.15) is 5.82 Å². The molecule has 0 saturated carbocycles. The SMILES string of the molecule is Cc1cc([C@@H]2[C@@H](c3ccccn3)NC(=S)N2c2ccccc2F)c(C)n1CCCN1CCOCC1. The van der Waals surface area contributed by atoms with Gasteiger partial charge in [-0.3, -0.25) is 9.88 Å². The van der Waals surface area contributed by atoms with Crippen molar-refractivity contribution in [3.8, 4) is 0 Å². The second-order valence-corrected chi connectivity index (χ2v) is 9.62. The lowest BCUT2D eigenvalue weighted by molar-refractivity contribution is 0.0369. The summed E-state index contributed by atoms with van der Waals surface area (Å²) in [5.41, 5.74) is 4.88. The van der Waals surface area contributed by atoms with Crippen molar-refractivity contribution in [1.82, 2.24) is 19.8 Å². The number of thiocarbonyl (C=S) groups is 1. The number of aryl methyl sites for hydroxylation is 1. The predicted octanol–water partition coefficient (Wildman–Crippen LogP) is 4.54. The zero-order valence-electron chi connectivity index (χ0n) is 20.3. The Labute approximate surface area is 211 Å². The zero-order chi connectivity index (χ0) is 24.4. The first-order valence-electron chi connectivity index (χ1n) is 12.3. The van der Waals surface area contributed by atoms with E-state index < -0.39 is 0 Å². The second-order valence-electron chi connectivity index (χ2n) is 9.23. The number of halogens is 1. The first kappa shape index (κ1) is 23.9. The molecule has 2 fully saturated rings. The van der Waals surface area contributed by atoms with Crippen LogP contribution in [0.2, 0.25) is 0 Å². The van der Waals surface area contributed by atoms with Crippen LogP contribution in [0.3, 0.4) is 0 Å². The third-order valence-corrected chi connectivity index (χ3v) is 7.42. The molecule has 35 heavy (non-hydrogen) atoms. The largest absolute Gasteiger partial charge is 0.379 e. The van der Waals surface area contributed by atoms with Crippen LogP contribution in [-0.2, 0) is 11.3 Å². The Morgan fingerprint density at radius 1 is 1.09 bits per heavy atom. The molecular formula is C27H32FN5OS. The Bertz CT molecular complexity index is 1180. The summed E-state index contributed by atoms with van der Waals surface area (Å²) in [5.74, 6) is -0.289. The van der Waals surface area contributed by atoms with Gasteiger partial charge in [-0.25, -0.2) is 4.39 Å². The van der Waals surface area contributed by atoms with E-state index in [4.69, 9.17) is 17.0 Å². The second kappa shape index (κ2) is 10.4. The van der Waals surface area contributed by atoms with Crippen LogP contribution < -0.4 is 10.2 Å². The van der Waals surface area contributed by atoms with E-state index in [2.05, 4.69) is 39.7 Å². The van der Waals surface area contributed by atoms with Crippen molar-refractivity contribution in [3.63, 3.8) is 0 Å². The van der Waals surface area contributed by atoms with Crippen molar-refractivity contribution in [2.45, 2.75) is 38.9 Å². The Kier molecular flexibility index (Phi) is 7.13. The molecule has 0 unspecified atom stereocenters. The fraction of sp³-hybridized carbons (Fsp3) is 0.407. The van der Waals surface area contributed by atoms with E-state index in [9.17, 15) is 4.39 Å². The van der Waals surface area contributed by atoms with Gasteiger partial charge >= 0.3 is 0 Å². The molecule has 2 atom stereocenters. The average molecular weight is 494 g/mol. The molecule has 1 aromatic carbocycles. The highest BCUT2D eigenvalue weighted by atomic mass is 32.1. The van der Waals surface area contributed by atoms with Gasteiger partial charge in [0.2, 0.25) is 0 Å². The maximum atomic E-state index is 15.0. The fourth-order valence-electron chi connectivity index (χ4n) is 5.33. The van der Waals surface area contributed by atoms with E-state index in [1.165, 1.54) is 17.5 Å². The van der Waals surface area contributed by atoms with E-state index in [0.717, 1.165) is 57.1 Å². The van der Waals surface area contributed by atoms with Crippen LogP contribution >= 0.6 is 12.2 Å². The van der Waals surface area contributed by atoms with E-state index in [1.807, 2.05) is 29.2 Å². The molecule has 0 spiro atoms. The lowest BCUT2D eigenvalue weighted by Crippen LogP contribution is -2.37. The standard InChI is InChI=1S/C27H32FN5OS/c1-19-18-21(20(2)32(19)13-7-12-31-14-16-34-17-15-31)26-25(23-9-5-6-11-29-23)30-27(35)33(26)24-10-4-3-8-22(24)28/h3-6,8-11,18,25-26H,7,12-17H2,1-2H3,(H,30,35)/t25-,26-/m1/s1. The molecule has 2 aromatic heterocycles. The summed E-state index contributed by atoms with van der Waals surface area (Å²) in [7, 11) is 0. The summed E-state index contributed by atoms with van der Waals surface area (Å²) in [5, 5.41) is 3.94. The first-order valence-corrected chi connectivity index (χ1v) is 12.7. The summed E-state index contributed by atoms with van der Waals surface area (Å²) in [4.78, 5) is 9.00. The molecule has 1 N–H and O–H groups in total. The number of rotatable bonds is 7. The van der Waals surface area contributed by atoms with Gasteiger partial charge in [0.05, 0.1) is 36.7 Å². The van der Waals surface area contributed by atoms with Gasteiger partial charge in [0.25, 0.3) is 0 Å². The molecule has 0 aliphatic carbocycles. The van der Waals surface area contributed by atoms with Gasteiger partial charge < -0.3 is 19.5 Å². The van der Waals surface area contributed by atoms with E-state index in [-0.39, 0.29) is 17.9 Å². The maximum absolute atomic E-state index is 15.0. The number of aromatic nitrogens is 2. The number of nitrogens with one attached hydrogen (secondary N) is 1. The van der Waals surface area contributed by atoms with Crippen molar-refractivity contribution in [1.29, 1.82) is 0 Å². The topological polar surface area (TPSA) is 45.6 Å². The van der Waals surface area contributed by atoms with Crippen molar-refractivity contribution >= 4 is 23.0 Å². The van der Waals surface area contributed by atoms with Crippen molar-refractivity contribution < 1.29 is 9.13 Å². The lowest BCUT2D eigenvalue weighted by Gasteiger charge is -2.28. The molecule has 8 heteroatoms. The quantitative estimate of drug-likeness (QED) is 0.488. The minimum Gasteiger partial charge on any atom is -0.379 e. The normalized spacial score (nSPS) is 20.9. The molecule has 3 aromatic rings. The molecule has 4 heterocycles. The van der Waals surface area contributed by atoms with Gasteiger partial charge in [0.15, 0.2) is 5.11 Å². The smallest absolute Gasteiger partial charge is 0.174 e. The summed E-state index contributed by atoms with van der Waals surface area (Å²) in [6, 6.07) is 14.5. The van der Waals surface area contributed by atoms with E-state index in [0.29, 0.717) is 10.8 Å². The summed E-state index contributed by atoms with van der Waals surface area (Å²) in [6.07, 6.45) is 2.86. The van der Waals surface area contributed by atoms with Gasteiger partial charge in [0, 0.05) is 43.8 Å². The third-order valence-electron chi connectivity index (χ3n) is 7.10. The van der Waals surface area contributed by atoms with Crippen LogP contribution in [-0.4, -0.2) is 52.4 Å². The Morgan fingerprint density at radius 2 is 1.86 bits per heavy atom. The molecule has 0 bridgehead atoms. The van der Waals surface area contributed by atoms with Crippen LogP contribution in [0.25, 0.3) is 0 Å². The van der Waals surface area contributed by atoms with E-state index in [1.54, 1.807) is 18.3 Å². The van der Waals surface area contributed by atoms with Crippen LogP contribution in [0.5, 0.6) is 0 Å². The minimum atomic E-state index is -0.289. The van der Waals surface area contributed by atoms with Crippen LogP contribution in [0.1, 0.15) is 41.1 Å².